The van der Waals surface area contributed by atoms with Crippen LogP contribution >= 0.6 is 12.2 Å². The summed E-state index contributed by atoms with van der Waals surface area (Å²) in [6.45, 7) is 3.94. The molecule has 10 heteroatoms. The lowest BCUT2D eigenvalue weighted by Gasteiger charge is -2.27. The van der Waals surface area contributed by atoms with Gasteiger partial charge in [-0.2, -0.15) is 0 Å². The summed E-state index contributed by atoms with van der Waals surface area (Å²) in [5, 5.41) is -0.382. The van der Waals surface area contributed by atoms with Gasteiger partial charge in [-0.25, -0.2) is 18.4 Å². The molecule has 1 amide bonds. The average molecular weight is 508 g/mol. The van der Waals surface area contributed by atoms with Crippen molar-refractivity contribution in [1.29, 1.82) is 0 Å². The van der Waals surface area contributed by atoms with Gasteiger partial charge in [0.1, 0.15) is 36.4 Å². The number of carbonyl (C=O) groups excluding carboxylic acids is 2. The second kappa shape index (κ2) is 11.0. The van der Waals surface area contributed by atoms with Crippen molar-refractivity contribution >= 4 is 29.5 Å². The van der Waals surface area contributed by atoms with Crippen molar-refractivity contribution in [1.82, 2.24) is 4.90 Å². The van der Waals surface area contributed by atoms with Crippen LogP contribution < -0.4 is 4.74 Å². The Labute approximate surface area is 207 Å². The van der Waals surface area contributed by atoms with Crippen LogP contribution in [-0.2, 0) is 25.6 Å². The second-order valence-electron chi connectivity index (χ2n) is 9.17. The Kier molecular flexibility index (Phi) is 8.26. The van der Waals surface area contributed by atoms with Crippen molar-refractivity contribution in [3.05, 3.63) is 66.0 Å². The summed E-state index contributed by atoms with van der Waals surface area (Å²) in [6, 6.07) is 12.8. The lowest BCUT2D eigenvalue weighted by molar-refractivity contribution is -0.150. The molecule has 1 fully saturated rings. The lowest BCUT2D eigenvalue weighted by Crippen LogP contribution is -2.44. The van der Waals surface area contributed by atoms with Crippen LogP contribution in [0.1, 0.15) is 32.8 Å². The molecule has 0 spiro atoms. The summed E-state index contributed by atoms with van der Waals surface area (Å²) in [6.07, 6.45) is -1.22. The van der Waals surface area contributed by atoms with Crippen LogP contribution in [0, 0.1) is 5.82 Å². The average Bonchev–Trinajstić information content (AvgIpc) is 3.16. The molecule has 35 heavy (non-hydrogen) atoms. The number of likely N-dealkylation sites (tertiary alicyclic amines) is 1. The number of rotatable bonds is 6. The van der Waals surface area contributed by atoms with Crippen LogP contribution in [0.25, 0.3) is 0 Å². The molecule has 188 valence electrons. The first kappa shape index (κ1) is 26.3. The van der Waals surface area contributed by atoms with E-state index < -0.39 is 48.3 Å². The quantitative estimate of drug-likeness (QED) is 0.404. The zero-order valence-electron chi connectivity index (χ0n) is 19.7. The van der Waals surface area contributed by atoms with Gasteiger partial charge in [0, 0.05) is 18.6 Å². The van der Waals surface area contributed by atoms with Gasteiger partial charge in [-0.3, -0.25) is 4.90 Å². The number of carbonyl (C=O) groups is 2. The van der Waals surface area contributed by atoms with Gasteiger partial charge in [0.2, 0.25) is 0 Å². The number of hydrogen-bond acceptors (Lipinski definition) is 7. The molecular formula is C25H27F2NO6S. The van der Waals surface area contributed by atoms with Crippen LogP contribution in [0.15, 0.2) is 54.6 Å². The summed E-state index contributed by atoms with van der Waals surface area (Å²) in [5.41, 5.74) is -2.22. The predicted molar refractivity (Wildman–Crippen MR) is 127 cm³/mol. The van der Waals surface area contributed by atoms with E-state index in [1.165, 1.54) is 24.3 Å². The first-order valence-corrected chi connectivity index (χ1v) is 11.3. The molecule has 2 atom stereocenters. The fourth-order valence-corrected chi connectivity index (χ4v) is 3.56. The molecule has 2 aromatic rings. The van der Waals surface area contributed by atoms with E-state index in [1.807, 2.05) is 6.07 Å². The van der Waals surface area contributed by atoms with E-state index in [4.69, 9.17) is 31.2 Å². The highest BCUT2D eigenvalue weighted by atomic mass is 32.1. The summed E-state index contributed by atoms with van der Waals surface area (Å²) in [7, 11) is 0. The molecule has 2 aromatic carbocycles. The second-order valence-corrected chi connectivity index (χ2v) is 9.50. The third-order valence-electron chi connectivity index (χ3n) is 4.98. The van der Waals surface area contributed by atoms with E-state index in [2.05, 4.69) is 0 Å². The first-order valence-electron chi connectivity index (χ1n) is 10.9. The zero-order chi connectivity index (χ0) is 25.6. The van der Waals surface area contributed by atoms with Gasteiger partial charge in [-0.1, -0.05) is 30.3 Å². The third-order valence-corrected chi connectivity index (χ3v) is 5.18. The Morgan fingerprint density at radius 2 is 1.74 bits per heavy atom. The SMILES string of the molecule is CC(C)(C)OC(=O)N1C[C@@](F)(COC(=S)Oc2ccc(F)cc2)CC1C(=O)OCc1ccccc1. The molecule has 7 nitrogen and oxygen atoms in total. The third kappa shape index (κ3) is 7.88. The standard InChI is InChI=1S/C25H27F2NO6S/c1-24(2,3)34-22(30)28-15-25(27,16-32-23(35)33-19-11-9-18(26)10-12-19)13-20(28)21(29)31-14-17-7-5-4-6-8-17/h4-12,20H,13-16H2,1-3H3/t20?,25-/m1/s1. The smallest absolute Gasteiger partial charge is 0.411 e. The van der Waals surface area contributed by atoms with Gasteiger partial charge < -0.3 is 18.9 Å². The van der Waals surface area contributed by atoms with Crippen LogP contribution in [0.5, 0.6) is 5.75 Å². The fraction of sp³-hybridized carbons (Fsp3) is 0.400. The topological polar surface area (TPSA) is 74.3 Å². The largest absolute Gasteiger partial charge is 0.459 e. The molecule has 1 heterocycles. The number of ether oxygens (including phenoxy) is 4. The molecule has 0 aliphatic carbocycles. The molecule has 0 bridgehead atoms. The van der Waals surface area contributed by atoms with Crippen molar-refractivity contribution < 1.29 is 37.3 Å². The maximum atomic E-state index is 15.7. The number of benzene rings is 2. The highest BCUT2D eigenvalue weighted by molar-refractivity contribution is 7.79. The normalized spacial score (nSPS) is 19.7. The Morgan fingerprint density at radius 3 is 2.37 bits per heavy atom. The minimum Gasteiger partial charge on any atom is -0.459 e. The van der Waals surface area contributed by atoms with Crippen molar-refractivity contribution in [2.45, 2.75) is 51.1 Å². The fourth-order valence-electron chi connectivity index (χ4n) is 3.41. The molecule has 3 rings (SSSR count). The number of nitrogens with zero attached hydrogens (tertiary/aromatic N) is 1. The van der Waals surface area contributed by atoms with E-state index >= 15 is 4.39 Å². The van der Waals surface area contributed by atoms with E-state index in [-0.39, 0.29) is 24.0 Å². The van der Waals surface area contributed by atoms with Crippen LogP contribution in [0.3, 0.4) is 0 Å². The molecule has 0 saturated carbocycles. The van der Waals surface area contributed by atoms with Gasteiger partial charge in [-0.05, 0) is 50.6 Å². The molecule has 0 radical (unpaired) electrons. The monoisotopic (exact) mass is 507 g/mol. The van der Waals surface area contributed by atoms with Gasteiger partial charge in [0.15, 0.2) is 5.67 Å². The summed E-state index contributed by atoms with van der Waals surface area (Å²) >= 11 is 4.98. The van der Waals surface area contributed by atoms with E-state index in [1.54, 1.807) is 45.0 Å². The Hall–Kier alpha value is -3.27. The predicted octanol–water partition coefficient (Wildman–Crippen LogP) is 4.97. The highest BCUT2D eigenvalue weighted by Crippen LogP contribution is 2.33. The molecule has 1 aliphatic heterocycles. The number of thiocarbonyl (C=S) groups is 1. The van der Waals surface area contributed by atoms with Gasteiger partial charge in [0.25, 0.3) is 0 Å². The van der Waals surface area contributed by atoms with Gasteiger partial charge in [-0.15, -0.1) is 0 Å². The van der Waals surface area contributed by atoms with Crippen molar-refractivity contribution in [2.24, 2.45) is 0 Å². The highest BCUT2D eigenvalue weighted by Gasteiger charge is 2.52. The van der Waals surface area contributed by atoms with Crippen molar-refractivity contribution in [3.63, 3.8) is 0 Å². The molecule has 1 saturated heterocycles. The number of hydrogen-bond donors (Lipinski definition) is 0. The van der Waals surface area contributed by atoms with Crippen LogP contribution in [0.2, 0.25) is 0 Å². The molecule has 0 N–H and O–H groups in total. The number of amides is 1. The number of halogens is 2. The zero-order valence-corrected chi connectivity index (χ0v) is 20.5. The van der Waals surface area contributed by atoms with Crippen LogP contribution in [-0.4, -0.2) is 52.7 Å². The molecule has 0 aromatic heterocycles. The summed E-state index contributed by atoms with van der Waals surface area (Å²) in [4.78, 5) is 26.6. The maximum absolute atomic E-state index is 15.7. The molecular weight excluding hydrogens is 480 g/mol. The maximum Gasteiger partial charge on any atom is 0.411 e. The number of esters is 1. The molecule has 1 unspecified atom stereocenters. The van der Waals surface area contributed by atoms with E-state index in [9.17, 15) is 14.0 Å². The Bertz CT molecular complexity index is 1040. The van der Waals surface area contributed by atoms with E-state index in [0.29, 0.717) is 0 Å². The van der Waals surface area contributed by atoms with E-state index in [0.717, 1.165) is 10.5 Å². The van der Waals surface area contributed by atoms with Crippen molar-refractivity contribution in [2.75, 3.05) is 13.2 Å². The summed E-state index contributed by atoms with van der Waals surface area (Å²) < 4.78 is 50.0. The first-order chi connectivity index (χ1) is 16.4. The van der Waals surface area contributed by atoms with Crippen LogP contribution in [0.4, 0.5) is 13.6 Å². The Balaban J connectivity index is 1.66. The van der Waals surface area contributed by atoms with Gasteiger partial charge in [0.05, 0.1) is 6.54 Å². The Morgan fingerprint density at radius 1 is 1.09 bits per heavy atom. The summed E-state index contributed by atoms with van der Waals surface area (Å²) in [5.74, 6) is -0.997. The lowest BCUT2D eigenvalue weighted by atomic mass is 10.0. The van der Waals surface area contributed by atoms with Gasteiger partial charge >= 0.3 is 17.3 Å². The number of alkyl halides is 1. The minimum atomic E-state index is -2.12. The molecule has 1 aliphatic rings. The minimum absolute atomic E-state index is 0.0241. The van der Waals surface area contributed by atoms with Crippen molar-refractivity contribution in [3.8, 4) is 5.75 Å².